The number of unbranched alkanes of at least 4 members (excludes halogenated alkanes) is 4. The molecule has 1 aromatic rings. The Bertz CT molecular complexity index is 255. The molecule has 0 saturated heterocycles. The fourth-order valence-electron chi connectivity index (χ4n) is 1.88. The van der Waals surface area contributed by atoms with E-state index in [4.69, 9.17) is 4.74 Å². The van der Waals surface area contributed by atoms with Crippen LogP contribution in [0, 0.1) is 0 Å². The molecule has 0 aliphatic carbocycles. The third-order valence-corrected chi connectivity index (χ3v) is 2.99. The van der Waals surface area contributed by atoms with E-state index in [9.17, 15) is 0 Å². The molecule has 0 radical (unpaired) electrons. The third kappa shape index (κ3) is 7.98. The minimum Gasteiger partial charge on any atom is -0.381 e. The molecule has 1 rings (SSSR count). The molecule has 0 heterocycles. The molecular weight excluding hydrogens is 208 g/mol. The molecule has 0 saturated carbocycles. The van der Waals surface area contributed by atoms with Gasteiger partial charge in [-0.2, -0.15) is 0 Å². The average Bonchev–Trinajstić information content (AvgIpc) is 2.38. The van der Waals surface area contributed by atoms with Crippen molar-refractivity contribution in [2.45, 2.75) is 51.9 Å². The Morgan fingerprint density at radius 3 is 2.29 bits per heavy atom. The zero-order valence-corrected chi connectivity index (χ0v) is 11.2. The zero-order valence-electron chi connectivity index (χ0n) is 11.2. The second-order valence-electron chi connectivity index (χ2n) is 4.62. The molecule has 0 atom stereocenters. The van der Waals surface area contributed by atoms with E-state index < -0.39 is 0 Å². The first-order valence-corrected chi connectivity index (χ1v) is 7.05. The van der Waals surface area contributed by atoms with Crippen LogP contribution in [0.3, 0.4) is 0 Å². The second kappa shape index (κ2) is 10.3. The lowest BCUT2D eigenvalue weighted by atomic mass is 10.1. The van der Waals surface area contributed by atoms with Crippen LogP contribution in [0.5, 0.6) is 0 Å². The van der Waals surface area contributed by atoms with Crippen molar-refractivity contribution < 1.29 is 4.74 Å². The monoisotopic (exact) mass is 234 g/mol. The summed E-state index contributed by atoms with van der Waals surface area (Å²) < 4.78 is 5.54. The quantitative estimate of drug-likeness (QED) is 0.537. The molecule has 0 aliphatic heterocycles. The number of rotatable bonds is 10. The molecule has 0 N–H and O–H groups in total. The van der Waals surface area contributed by atoms with E-state index in [2.05, 4.69) is 37.3 Å². The standard InChI is InChI=1S/C16H26O/c1-2-3-14-17-15-10-5-4-7-11-16-12-8-6-9-13-16/h6,8-9,12-13H,2-5,7,10-11,14-15H2,1H3. The highest BCUT2D eigenvalue weighted by Crippen LogP contribution is 2.07. The van der Waals surface area contributed by atoms with Crippen molar-refractivity contribution in [3.63, 3.8) is 0 Å². The summed E-state index contributed by atoms with van der Waals surface area (Å²) >= 11 is 0. The van der Waals surface area contributed by atoms with E-state index >= 15 is 0 Å². The predicted octanol–water partition coefficient (Wildman–Crippen LogP) is 4.61. The van der Waals surface area contributed by atoms with Crippen LogP contribution in [0.15, 0.2) is 30.3 Å². The molecule has 96 valence electrons. The van der Waals surface area contributed by atoms with Crippen LogP contribution in [0.4, 0.5) is 0 Å². The molecule has 1 aromatic carbocycles. The Labute approximate surface area is 106 Å². The number of benzene rings is 1. The minimum absolute atomic E-state index is 0.945. The van der Waals surface area contributed by atoms with Crippen LogP contribution in [-0.2, 0) is 11.2 Å². The van der Waals surface area contributed by atoms with Crippen molar-refractivity contribution >= 4 is 0 Å². The Morgan fingerprint density at radius 2 is 1.53 bits per heavy atom. The summed E-state index contributed by atoms with van der Waals surface area (Å²) in [6, 6.07) is 10.8. The van der Waals surface area contributed by atoms with Gasteiger partial charge in [0.1, 0.15) is 0 Å². The summed E-state index contributed by atoms with van der Waals surface area (Å²) in [6.45, 7) is 4.10. The van der Waals surface area contributed by atoms with Gasteiger partial charge < -0.3 is 4.74 Å². The van der Waals surface area contributed by atoms with Gasteiger partial charge in [-0.1, -0.05) is 56.5 Å². The first kappa shape index (κ1) is 14.2. The van der Waals surface area contributed by atoms with Crippen LogP contribution in [-0.4, -0.2) is 13.2 Å². The van der Waals surface area contributed by atoms with Crippen LogP contribution in [0.2, 0.25) is 0 Å². The van der Waals surface area contributed by atoms with E-state index in [1.807, 2.05) is 0 Å². The molecule has 0 aliphatic rings. The van der Waals surface area contributed by atoms with Gasteiger partial charge in [-0.25, -0.2) is 0 Å². The molecule has 1 nitrogen and oxygen atoms in total. The third-order valence-electron chi connectivity index (χ3n) is 2.99. The average molecular weight is 234 g/mol. The molecule has 1 heteroatoms. The summed E-state index contributed by atoms with van der Waals surface area (Å²) in [6.07, 6.45) is 8.81. The van der Waals surface area contributed by atoms with Gasteiger partial charge in [0, 0.05) is 13.2 Å². The summed E-state index contributed by atoms with van der Waals surface area (Å²) in [5.41, 5.74) is 1.46. The number of aryl methyl sites for hydroxylation is 1. The van der Waals surface area contributed by atoms with E-state index in [0.717, 1.165) is 13.2 Å². The van der Waals surface area contributed by atoms with E-state index in [0.29, 0.717) is 0 Å². The van der Waals surface area contributed by atoms with E-state index in [-0.39, 0.29) is 0 Å². The van der Waals surface area contributed by atoms with Gasteiger partial charge in [-0.15, -0.1) is 0 Å². The van der Waals surface area contributed by atoms with Crippen molar-refractivity contribution in [2.75, 3.05) is 13.2 Å². The highest BCUT2D eigenvalue weighted by Gasteiger charge is 1.93. The van der Waals surface area contributed by atoms with Gasteiger partial charge in [-0.3, -0.25) is 0 Å². The topological polar surface area (TPSA) is 9.23 Å². The maximum absolute atomic E-state index is 5.54. The lowest BCUT2D eigenvalue weighted by Crippen LogP contribution is -1.96. The maximum atomic E-state index is 5.54. The second-order valence-corrected chi connectivity index (χ2v) is 4.62. The first-order valence-electron chi connectivity index (χ1n) is 7.05. The fourth-order valence-corrected chi connectivity index (χ4v) is 1.88. The van der Waals surface area contributed by atoms with Crippen LogP contribution in [0.1, 0.15) is 51.0 Å². The molecular formula is C16H26O. The smallest absolute Gasteiger partial charge is 0.0466 e. The minimum atomic E-state index is 0.945. The van der Waals surface area contributed by atoms with Gasteiger partial charge in [0.25, 0.3) is 0 Å². The molecule has 0 bridgehead atoms. The van der Waals surface area contributed by atoms with Gasteiger partial charge in [0.15, 0.2) is 0 Å². The van der Waals surface area contributed by atoms with Crippen molar-refractivity contribution in [3.8, 4) is 0 Å². The predicted molar refractivity (Wildman–Crippen MR) is 74.3 cm³/mol. The van der Waals surface area contributed by atoms with Gasteiger partial charge in [0.05, 0.1) is 0 Å². The Hall–Kier alpha value is -0.820. The normalized spacial score (nSPS) is 10.6. The fraction of sp³-hybridized carbons (Fsp3) is 0.625. The van der Waals surface area contributed by atoms with Crippen molar-refractivity contribution in [1.29, 1.82) is 0 Å². The van der Waals surface area contributed by atoms with Crippen LogP contribution < -0.4 is 0 Å². The van der Waals surface area contributed by atoms with Crippen LogP contribution >= 0.6 is 0 Å². The lowest BCUT2D eigenvalue weighted by molar-refractivity contribution is 0.127. The molecule has 0 aromatic heterocycles. The number of hydrogen-bond acceptors (Lipinski definition) is 1. The summed E-state index contributed by atoms with van der Waals surface area (Å²) in [5, 5.41) is 0. The Kier molecular flexibility index (Phi) is 8.66. The van der Waals surface area contributed by atoms with Crippen molar-refractivity contribution in [2.24, 2.45) is 0 Å². The highest BCUT2D eigenvalue weighted by molar-refractivity contribution is 5.14. The van der Waals surface area contributed by atoms with E-state index in [1.165, 1.54) is 50.5 Å². The largest absolute Gasteiger partial charge is 0.381 e. The SMILES string of the molecule is CCCCOCCCCCCc1ccccc1. The molecule has 0 amide bonds. The molecule has 0 fully saturated rings. The highest BCUT2D eigenvalue weighted by atomic mass is 16.5. The van der Waals surface area contributed by atoms with E-state index in [1.54, 1.807) is 0 Å². The Balaban J connectivity index is 1.85. The lowest BCUT2D eigenvalue weighted by Gasteiger charge is -2.03. The molecule has 0 unspecified atom stereocenters. The zero-order chi connectivity index (χ0) is 12.2. The molecule has 17 heavy (non-hydrogen) atoms. The number of ether oxygens (including phenoxy) is 1. The maximum Gasteiger partial charge on any atom is 0.0466 e. The summed E-state index contributed by atoms with van der Waals surface area (Å²) in [5.74, 6) is 0. The molecule has 0 spiro atoms. The van der Waals surface area contributed by atoms with Gasteiger partial charge in [0.2, 0.25) is 0 Å². The van der Waals surface area contributed by atoms with Gasteiger partial charge in [-0.05, 0) is 31.2 Å². The first-order chi connectivity index (χ1) is 8.43. The van der Waals surface area contributed by atoms with Gasteiger partial charge >= 0.3 is 0 Å². The summed E-state index contributed by atoms with van der Waals surface area (Å²) in [7, 11) is 0. The number of hydrogen-bond donors (Lipinski definition) is 0. The van der Waals surface area contributed by atoms with Crippen molar-refractivity contribution in [3.05, 3.63) is 35.9 Å². The van der Waals surface area contributed by atoms with Crippen molar-refractivity contribution in [1.82, 2.24) is 0 Å². The Morgan fingerprint density at radius 1 is 0.824 bits per heavy atom. The van der Waals surface area contributed by atoms with Crippen LogP contribution in [0.25, 0.3) is 0 Å². The summed E-state index contributed by atoms with van der Waals surface area (Å²) in [4.78, 5) is 0.